The van der Waals surface area contributed by atoms with Crippen LogP contribution >= 0.6 is 23.2 Å². The Morgan fingerprint density at radius 1 is 1.10 bits per heavy atom. The molecule has 1 N–H and O–H groups in total. The Morgan fingerprint density at radius 3 is 2.39 bits per heavy atom. The molecule has 0 radical (unpaired) electrons. The molecule has 3 amide bonds. The van der Waals surface area contributed by atoms with Gasteiger partial charge in [0.2, 0.25) is 5.91 Å². The van der Waals surface area contributed by atoms with Crippen LogP contribution in [-0.4, -0.2) is 59.7 Å². The predicted molar refractivity (Wildman–Crippen MR) is 125 cm³/mol. The normalized spacial score (nSPS) is 10.7. The SMILES string of the molecule is CCCCN(CC(=O)N(CCOC)Cc1cccn1C)C(=O)Nc1c(Cl)cccc1Cl. The van der Waals surface area contributed by atoms with E-state index >= 15 is 0 Å². The van der Waals surface area contributed by atoms with Gasteiger partial charge in [-0.25, -0.2) is 4.79 Å². The number of benzene rings is 1. The second-order valence-electron chi connectivity index (χ2n) is 7.22. The van der Waals surface area contributed by atoms with Crippen molar-refractivity contribution in [3.8, 4) is 0 Å². The third-order valence-corrected chi connectivity index (χ3v) is 5.54. The van der Waals surface area contributed by atoms with E-state index in [1.165, 1.54) is 4.90 Å². The lowest BCUT2D eigenvalue weighted by molar-refractivity contribution is -0.133. The number of hydrogen-bond donors (Lipinski definition) is 1. The molecule has 0 atom stereocenters. The molecule has 1 aromatic carbocycles. The highest BCUT2D eigenvalue weighted by atomic mass is 35.5. The van der Waals surface area contributed by atoms with E-state index in [2.05, 4.69) is 5.32 Å². The number of hydrogen-bond acceptors (Lipinski definition) is 3. The molecule has 0 aliphatic heterocycles. The highest BCUT2D eigenvalue weighted by molar-refractivity contribution is 6.39. The van der Waals surface area contributed by atoms with E-state index in [1.807, 2.05) is 36.9 Å². The summed E-state index contributed by atoms with van der Waals surface area (Å²) in [4.78, 5) is 29.3. The second kappa shape index (κ2) is 12.6. The zero-order chi connectivity index (χ0) is 22.8. The third kappa shape index (κ3) is 7.45. The molecule has 2 aromatic rings. The lowest BCUT2D eigenvalue weighted by Crippen LogP contribution is -2.45. The molecular weight excluding hydrogens is 439 g/mol. The Morgan fingerprint density at radius 2 is 1.81 bits per heavy atom. The Labute approximate surface area is 193 Å². The topological polar surface area (TPSA) is 66.8 Å². The Balaban J connectivity index is 2.14. The first-order valence-electron chi connectivity index (χ1n) is 10.2. The fourth-order valence-corrected chi connectivity index (χ4v) is 3.51. The summed E-state index contributed by atoms with van der Waals surface area (Å²) in [5.74, 6) is -0.158. The number of nitrogens with one attached hydrogen (secondary N) is 1. The van der Waals surface area contributed by atoms with Gasteiger partial charge in [0.1, 0.15) is 6.54 Å². The van der Waals surface area contributed by atoms with Crippen LogP contribution in [0.3, 0.4) is 0 Å². The molecular formula is C22H30Cl2N4O3. The van der Waals surface area contributed by atoms with Gasteiger partial charge in [-0.2, -0.15) is 0 Å². The van der Waals surface area contributed by atoms with Crippen LogP contribution in [-0.2, 0) is 23.1 Å². The average Bonchev–Trinajstić information content (AvgIpc) is 3.15. The van der Waals surface area contributed by atoms with Crippen LogP contribution in [0.2, 0.25) is 10.0 Å². The summed E-state index contributed by atoms with van der Waals surface area (Å²) >= 11 is 12.4. The molecule has 0 fully saturated rings. The molecule has 0 aliphatic rings. The van der Waals surface area contributed by atoms with E-state index in [4.69, 9.17) is 27.9 Å². The molecule has 7 nitrogen and oxygen atoms in total. The van der Waals surface area contributed by atoms with Gasteiger partial charge in [0.25, 0.3) is 0 Å². The van der Waals surface area contributed by atoms with Crippen molar-refractivity contribution in [3.63, 3.8) is 0 Å². The average molecular weight is 469 g/mol. The quantitative estimate of drug-likeness (QED) is 0.522. The molecule has 0 spiro atoms. The molecule has 170 valence electrons. The number of unbranched alkanes of at least 4 members (excludes halogenated alkanes) is 1. The van der Waals surface area contributed by atoms with Gasteiger partial charge in [-0.05, 0) is 30.7 Å². The number of halogens is 2. The van der Waals surface area contributed by atoms with Crippen LogP contribution < -0.4 is 5.32 Å². The lowest BCUT2D eigenvalue weighted by Gasteiger charge is -2.28. The number of carbonyl (C=O) groups is 2. The fraction of sp³-hybridized carbons (Fsp3) is 0.455. The molecule has 0 aliphatic carbocycles. The van der Waals surface area contributed by atoms with Gasteiger partial charge in [0.15, 0.2) is 0 Å². The molecule has 0 unspecified atom stereocenters. The van der Waals surface area contributed by atoms with E-state index in [0.717, 1.165) is 18.5 Å². The minimum absolute atomic E-state index is 0.0535. The number of rotatable bonds is 11. The first kappa shape index (κ1) is 25.0. The van der Waals surface area contributed by atoms with Gasteiger partial charge < -0.3 is 24.4 Å². The molecule has 0 saturated heterocycles. The molecule has 9 heteroatoms. The zero-order valence-corrected chi connectivity index (χ0v) is 19.7. The lowest BCUT2D eigenvalue weighted by atomic mass is 10.3. The fourth-order valence-electron chi connectivity index (χ4n) is 3.02. The van der Waals surface area contributed by atoms with Crippen LogP contribution in [0.1, 0.15) is 25.5 Å². The third-order valence-electron chi connectivity index (χ3n) is 4.91. The summed E-state index contributed by atoms with van der Waals surface area (Å²) in [6.45, 7) is 3.70. The first-order chi connectivity index (χ1) is 14.9. The van der Waals surface area contributed by atoms with Crippen molar-refractivity contribution in [1.82, 2.24) is 14.4 Å². The molecule has 2 rings (SSSR count). The van der Waals surface area contributed by atoms with E-state index in [0.29, 0.717) is 42.0 Å². The maximum Gasteiger partial charge on any atom is 0.322 e. The van der Waals surface area contributed by atoms with Gasteiger partial charge in [-0.15, -0.1) is 0 Å². The number of aromatic nitrogens is 1. The van der Waals surface area contributed by atoms with E-state index < -0.39 is 6.03 Å². The maximum absolute atomic E-state index is 13.1. The van der Waals surface area contributed by atoms with Crippen molar-refractivity contribution < 1.29 is 14.3 Å². The van der Waals surface area contributed by atoms with Crippen LogP contribution in [0, 0.1) is 0 Å². The van der Waals surface area contributed by atoms with Crippen molar-refractivity contribution in [1.29, 1.82) is 0 Å². The summed E-state index contributed by atoms with van der Waals surface area (Å²) < 4.78 is 7.14. The number of anilines is 1. The summed E-state index contributed by atoms with van der Waals surface area (Å²) in [5, 5.41) is 3.43. The molecule has 1 aromatic heterocycles. The van der Waals surface area contributed by atoms with Crippen molar-refractivity contribution in [3.05, 3.63) is 52.3 Å². The highest BCUT2D eigenvalue weighted by Gasteiger charge is 2.23. The van der Waals surface area contributed by atoms with Crippen molar-refractivity contribution in [2.75, 3.05) is 38.7 Å². The Bertz CT molecular complexity index is 852. The summed E-state index contributed by atoms with van der Waals surface area (Å²) in [6, 6.07) is 8.49. The molecule has 0 saturated carbocycles. The van der Waals surface area contributed by atoms with Crippen LogP contribution in [0.15, 0.2) is 36.5 Å². The number of urea groups is 1. The standard InChI is InChI=1S/C22H30Cl2N4O3/c1-4-5-12-28(22(30)25-21-18(23)9-6-10-19(21)24)16-20(29)27(13-14-31-3)15-17-8-7-11-26(17)2/h6-11H,4-5,12-16H2,1-3H3,(H,25,30). The molecule has 0 bridgehead atoms. The highest BCUT2D eigenvalue weighted by Crippen LogP contribution is 2.30. The zero-order valence-electron chi connectivity index (χ0n) is 18.2. The maximum atomic E-state index is 13.1. The summed E-state index contributed by atoms with van der Waals surface area (Å²) in [5.41, 5.74) is 1.33. The minimum atomic E-state index is -0.414. The summed E-state index contributed by atoms with van der Waals surface area (Å²) in [7, 11) is 3.53. The smallest absolute Gasteiger partial charge is 0.322 e. The second-order valence-corrected chi connectivity index (χ2v) is 8.03. The number of aryl methyl sites for hydroxylation is 1. The minimum Gasteiger partial charge on any atom is -0.383 e. The monoisotopic (exact) mass is 468 g/mol. The van der Waals surface area contributed by atoms with Crippen molar-refractivity contribution in [2.45, 2.75) is 26.3 Å². The van der Waals surface area contributed by atoms with Gasteiger partial charge in [0, 0.05) is 39.1 Å². The number of ether oxygens (including phenoxy) is 1. The number of nitrogens with zero attached hydrogens (tertiary/aromatic N) is 3. The van der Waals surface area contributed by atoms with Crippen LogP contribution in [0.4, 0.5) is 10.5 Å². The Kier molecular flexibility index (Phi) is 10.2. The van der Waals surface area contributed by atoms with Crippen LogP contribution in [0.25, 0.3) is 0 Å². The van der Waals surface area contributed by atoms with Gasteiger partial charge in [0.05, 0.1) is 28.9 Å². The number of amides is 3. The molecule has 31 heavy (non-hydrogen) atoms. The van der Waals surface area contributed by atoms with E-state index in [9.17, 15) is 9.59 Å². The largest absolute Gasteiger partial charge is 0.383 e. The van der Waals surface area contributed by atoms with Gasteiger partial charge >= 0.3 is 6.03 Å². The van der Waals surface area contributed by atoms with E-state index in [-0.39, 0.29) is 12.5 Å². The van der Waals surface area contributed by atoms with Crippen molar-refractivity contribution >= 4 is 40.8 Å². The summed E-state index contributed by atoms with van der Waals surface area (Å²) in [6.07, 6.45) is 3.59. The predicted octanol–water partition coefficient (Wildman–Crippen LogP) is 4.64. The first-order valence-corrected chi connectivity index (χ1v) is 11.0. The number of para-hydroxylation sites is 1. The molecule has 1 heterocycles. The van der Waals surface area contributed by atoms with Crippen LogP contribution in [0.5, 0.6) is 0 Å². The number of carbonyl (C=O) groups excluding carboxylic acids is 2. The van der Waals surface area contributed by atoms with Crippen molar-refractivity contribution in [2.24, 2.45) is 7.05 Å². The Hall–Kier alpha value is -2.22. The van der Waals surface area contributed by atoms with Gasteiger partial charge in [-0.3, -0.25) is 4.79 Å². The van der Waals surface area contributed by atoms with E-state index in [1.54, 1.807) is 30.2 Å². The number of methoxy groups -OCH3 is 1. The van der Waals surface area contributed by atoms with Gasteiger partial charge in [-0.1, -0.05) is 42.6 Å².